The van der Waals surface area contributed by atoms with Crippen LogP contribution in [0.4, 0.5) is 5.69 Å². The quantitative estimate of drug-likeness (QED) is 0.409. The fourth-order valence-corrected chi connectivity index (χ4v) is 3.39. The first-order chi connectivity index (χ1) is 13.0. The van der Waals surface area contributed by atoms with Crippen molar-refractivity contribution in [2.24, 2.45) is 7.05 Å². The molecule has 0 spiro atoms. The Hall–Kier alpha value is -3.03. The maximum atomic E-state index is 12.5. The summed E-state index contributed by atoms with van der Waals surface area (Å²) < 4.78 is 6.68. The van der Waals surface area contributed by atoms with Crippen LogP contribution in [-0.2, 0) is 11.8 Å². The largest absolute Gasteiger partial charge is 0.461 e. The number of carbonyl (C=O) groups excluding carboxylic acids is 1. The lowest BCUT2D eigenvalue weighted by atomic mass is 9.97. The number of rotatable bonds is 4. The van der Waals surface area contributed by atoms with Gasteiger partial charge in [-0.2, -0.15) is 0 Å². The van der Waals surface area contributed by atoms with Gasteiger partial charge in [0, 0.05) is 12.6 Å². The lowest BCUT2D eigenvalue weighted by Crippen LogP contribution is -2.11. The van der Waals surface area contributed by atoms with Crippen molar-refractivity contribution < 1.29 is 9.53 Å². The van der Waals surface area contributed by atoms with Gasteiger partial charge >= 0.3 is 5.97 Å². The monoisotopic (exact) mass is 378 g/mol. The van der Waals surface area contributed by atoms with Crippen LogP contribution in [0.15, 0.2) is 48.5 Å². The predicted octanol–water partition coefficient (Wildman–Crippen LogP) is 6.05. The SMILES string of the molecule is [C-]#[N+]c1c(-c2ccc(-c3ccccc3C)cc2)c(C(=O)OCC)n(C)c1Cl. The van der Waals surface area contributed by atoms with Crippen LogP contribution in [-0.4, -0.2) is 17.1 Å². The summed E-state index contributed by atoms with van der Waals surface area (Å²) in [5.41, 5.74) is 5.20. The highest BCUT2D eigenvalue weighted by Gasteiger charge is 2.26. The third-order valence-corrected chi connectivity index (χ3v) is 4.94. The molecule has 2 aromatic carbocycles. The van der Waals surface area contributed by atoms with Crippen LogP contribution < -0.4 is 0 Å². The molecule has 136 valence electrons. The Kier molecular flexibility index (Phi) is 5.34. The van der Waals surface area contributed by atoms with Gasteiger partial charge in [0.25, 0.3) is 0 Å². The summed E-state index contributed by atoms with van der Waals surface area (Å²) in [4.78, 5) is 16.0. The zero-order chi connectivity index (χ0) is 19.6. The summed E-state index contributed by atoms with van der Waals surface area (Å²) >= 11 is 6.30. The van der Waals surface area contributed by atoms with Gasteiger partial charge < -0.3 is 9.30 Å². The zero-order valence-electron chi connectivity index (χ0n) is 15.4. The number of esters is 1. The molecule has 0 saturated carbocycles. The van der Waals surface area contributed by atoms with E-state index in [9.17, 15) is 4.79 Å². The Bertz CT molecular complexity index is 1040. The molecule has 1 aromatic heterocycles. The van der Waals surface area contributed by atoms with E-state index in [4.69, 9.17) is 22.9 Å². The minimum absolute atomic E-state index is 0.228. The standard InChI is InChI=1S/C22H19ClN2O2/c1-5-27-22(26)20-18(19(24-3)21(23)25(20)4)16-12-10-15(11-13-16)17-9-7-6-8-14(17)2/h6-13H,5H2,1-2,4H3. The van der Waals surface area contributed by atoms with E-state index in [0.717, 1.165) is 16.7 Å². The molecule has 0 bridgehead atoms. The number of aryl methyl sites for hydroxylation is 1. The van der Waals surface area contributed by atoms with E-state index in [1.165, 1.54) is 10.1 Å². The first kappa shape index (κ1) is 18.8. The maximum Gasteiger partial charge on any atom is 0.354 e. The van der Waals surface area contributed by atoms with Crippen LogP contribution in [0.5, 0.6) is 0 Å². The molecule has 3 rings (SSSR count). The highest BCUT2D eigenvalue weighted by Crippen LogP contribution is 2.42. The van der Waals surface area contributed by atoms with Gasteiger partial charge in [0.1, 0.15) is 10.8 Å². The van der Waals surface area contributed by atoms with Crippen LogP contribution in [0.25, 0.3) is 27.1 Å². The summed E-state index contributed by atoms with van der Waals surface area (Å²) in [5.74, 6) is -0.491. The van der Waals surface area contributed by atoms with Crippen molar-refractivity contribution >= 4 is 23.3 Å². The highest BCUT2D eigenvalue weighted by atomic mass is 35.5. The molecule has 0 unspecified atom stereocenters. The topological polar surface area (TPSA) is 35.6 Å². The van der Waals surface area contributed by atoms with Gasteiger partial charge in [-0.1, -0.05) is 60.1 Å². The van der Waals surface area contributed by atoms with Gasteiger partial charge in [0.05, 0.1) is 13.2 Å². The van der Waals surface area contributed by atoms with Crippen molar-refractivity contribution in [3.05, 3.63) is 76.4 Å². The van der Waals surface area contributed by atoms with Crippen LogP contribution in [0.2, 0.25) is 5.15 Å². The molecule has 0 amide bonds. The van der Waals surface area contributed by atoms with E-state index in [1.807, 2.05) is 36.4 Å². The lowest BCUT2D eigenvalue weighted by molar-refractivity contribution is 0.0516. The molecule has 0 radical (unpaired) electrons. The molecule has 0 saturated heterocycles. The van der Waals surface area contributed by atoms with Crippen molar-refractivity contribution in [1.29, 1.82) is 0 Å². The van der Waals surface area contributed by atoms with Gasteiger partial charge in [0.2, 0.25) is 5.69 Å². The van der Waals surface area contributed by atoms with E-state index in [1.54, 1.807) is 14.0 Å². The molecule has 0 aliphatic heterocycles. The van der Waals surface area contributed by atoms with E-state index in [0.29, 0.717) is 5.56 Å². The number of halogens is 1. The van der Waals surface area contributed by atoms with E-state index in [2.05, 4.69) is 23.9 Å². The first-order valence-electron chi connectivity index (χ1n) is 8.58. The number of hydrogen-bond donors (Lipinski definition) is 0. The molecule has 27 heavy (non-hydrogen) atoms. The van der Waals surface area contributed by atoms with Crippen molar-refractivity contribution in [2.75, 3.05) is 6.61 Å². The van der Waals surface area contributed by atoms with Crippen LogP contribution >= 0.6 is 11.6 Å². The van der Waals surface area contributed by atoms with E-state index in [-0.39, 0.29) is 23.1 Å². The number of nitrogens with zero attached hydrogens (tertiary/aromatic N) is 2. The van der Waals surface area contributed by atoms with Crippen molar-refractivity contribution in [2.45, 2.75) is 13.8 Å². The molecule has 3 aromatic rings. The Labute approximate surface area is 163 Å². The first-order valence-corrected chi connectivity index (χ1v) is 8.96. The van der Waals surface area contributed by atoms with Gasteiger partial charge in [-0.05, 0) is 36.1 Å². The van der Waals surface area contributed by atoms with Crippen LogP contribution in [0.1, 0.15) is 23.0 Å². The number of aromatic nitrogens is 1. The smallest absolute Gasteiger partial charge is 0.354 e. The minimum Gasteiger partial charge on any atom is -0.461 e. The summed E-state index contributed by atoms with van der Waals surface area (Å²) in [6.07, 6.45) is 0. The third-order valence-electron chi connectivity index (χ3n) is 4.51. The summed E-state index contributed by atoms with van der Waals surface area (Å²) in [7, 11) is 1.66. The normalized spacial score (nSPS) is 10.5. The molecular weight excluding hydrogens is 360 g/mol. The van der Waals surface area contributed by atoms with Gasteiger partial charge in [-0.15, -0.1) is 0 Å². The number of hydrogen-bond acceptors (Lipinski definition) is 2. The van der Waals surface area contributed by atoms with Crippen molar-refractivity contribution in [1.82, 2.24) is 4.57 Å². The maximum absolute atomic E-state index is 12.5. The molecule has 0 fully saturated rings. The molecule has 0 atom stereocenters. The molecular formula is C22H19ClN2O2. The number of ether oxygens (including phenoxy) is 1. The molecule has 5 heteroatoms. The van der Waals surface area contributed by atoms with Crippen LogP contribution in [0.3, 0.4) is 0 Å². The predicted molar refractivity (Wildman–Crippen MR) is 108 cm³/mol. The van der Waals surface area contributed by atoms with Gasteiger partial charge in [-0.25, -0.2) is 9.64 Å². The fraction of sp³-hybridized carbons (Fsp3) is 0.182. The van der Waals surface area contributed by atoms with E-state index >= 15 is 0 Å². The Morgan fingerprint density at radius 1 is 1.15 bits per heavy atom. The Morgan fingerprint density at radius 2 is 1.78 bits per heavy atom. The number of carbonyl (C=O) groups is 1. The molecule has 0 aliphatic rings. The Morgan fingerprint density at radius 3 is 2.37 bits per heavy atom. The number of benzene rings is 2. The van der Waals surface area contributed by atoms with Gasteiger partial charge in [0.15, 0.2) is 0 Å². The summed E-state index contributed by atoms with van der Waals surface area (Å²) in [5, 5.41) is 0.228. The van der Waals surface area contributed by atoms with Crippen molar-refractivity contribution in [3.8, 4) is 22.3 Å². The second-order valence-corrected chi connectivity index (χ2v) is 6.50. The summed E-state index contributed by atoms with van der Waals surface area (Å²) in [6.45, 7) is 11.6. The summed E-state index contributed by atoms with van der Waals surface area (Å²) in [6, 6.07) is 15.9. The van der Waals surface area contributed by atoms with Crippen molar-refractivity contribution in [3.63, 3.8) is 0 Å². The minimum atomic E-state index is -0.491. The highest BCUT2D eigenvalue weighted by molar-refractivity contribution is 6.34. The molecule has 1 heterocycles. The molecule has 4 nitrogen and oxygen atoms in total. The third kappa shape index (κ3) is 3.34. The zero-order valence-corrected chi connectivity index (χ0v) is 16.2. The average Bonchev–Trinajstić information content (AvgIpc) is 2.93. The fourth-order valence-electron chi connectivity index (χ4n) is 3.17. The lowest BCUT2D eigenvalue weighted by Gasteiger charge is -2.10. The van der Waals surface area contributed by atoms with Gasteiger partial charge in [-0.3, -0.25) is 0 Å². The average molecular weight is 379 g/mol. The molecule has 0 N–H and O–H groups in total. The van der Waals surface area contributed by atoms with E-state index < -0.39 is 5.97 Å². The Balaban J connectivity index is 2.14. The van der Waals surface area contributed by atoms with Crippen LogP contribution in [0, 0.1) is 13.5 Å². The second kappa shape index (κ2) is 7.69. The molecule has 0 aliphatic carbocycles. The second-order valence-electron chi connectivity index (χ2n) is 6.15.